The smallest absolute Gasteiger partial charge is 0.313 e. The molecular formula is C21H28N2O6. The van der Waals surface area contributed by atoms with E-state index < -0.39 is 35.0 Å². The fourth-order valence-corrected chi connectivity index (χ4v) is 5.30. The maximum atomic E-state index is 13.6. The van der Waals surface area contributed by atoms with Crippen molar-refractivity contribution in [3.63, 3.8) is 0 Å². The monoisotopic (exact) mass is 404 g/mol. The number of fused-ring (bicyclic) bond motifs is 2. The summed E-state index contributed by atoms with van der Waals surface area (Å²) < 4.78 is 11.8. The summed E-state index contributed by atoms with van der Waals surface area (Å²) in [5.74, 6) is -2.76. The molecule has 4 heterocycles. The van der Waals surface area contributed by atoms with Crippen LogP contribution in [0.25, 0.3) is 0 Å². The van der Waals surface area contributed by atoms with E-state index in [4.69, 9.17) is 9.47 Å². The average Bonchev–Trinajstić information content (AvgIpc) is 2.93. The highest BCUT2D eigenvalue weighted by Gasteiger charge is 2.74. The number of aliphatic hydroxyl groups is 1. The molecule has 1 spiro atoms. The Morgan fingerprint density at radius 3 is 2.66 bits per heavy atom. The van der Waals surface area contributed by atoms with E-state index >= 15 is 0 Å². The number of cyclic esters (lactones) is 1. The van der Waals surface area contributed by atoms with E-state index in [0.29, 0.717) is 13.1 Å². The van der Waals surface area contributed by atoms with Crippen molar-refractivity contribution < 1.29 is 29.0 Å². The lowest BCUT2D eigenvalue weighted by molar-refractivity contribution is -0.158. The number of ether oxygens (including phenoxy) is 2. The fourth-order valence-electron chi connectivity index (χ4n) is 5.30. The molecule has 8 nitrogen and oxygen atoms in total. The van der Waals surface area contributed by atoms with E-state index in [0.717, 1.165) is 12.8 Å². The van der Waals surface area contributed by atoms with Gasteiger partial charge in [-0.3, -0.25) is 14.4 Å². The molecule has 0 aliphatic carbocycles. The van der Waals surface area contributed by atoms with Crippen molar-refractivity contribution in [3.05, 3.63) is 24.3 Å². The molecule has 2 fully saturated rings. The summed E-state index contributed by atoms with van der Waals surface area (Å²) in [5.41, 5.74) is -2.30. The first-order valence-electron chi connectivity index (χ1n) is 10.3. The van der Waals surface area contributed by atoms with Crippen molar-refractivity contribution in [2.24, 2.45) is 11.8 Å². The number of hydrogen-bond acceptors (Lipinski definition) is 6. The van der Waals surface area contributed by atoms with Crippen molar-refractivity contribution in [2.45, 2.75) is 43.9 Å². The molecule has 0 aromatic carbocycles. The molecular weight excluding hydrogens is 376 g/mol. The van der Waals surface area contributed by atoms with Gasteiger partial charge < -0.3 is 24.4 Å². The molecule has 4 rings (SSSR count). The van der Waals surface area contributed by atoms with Gasteiger partial charge in [0, 0.05) is 19.6 Å². The van der Waals surface area contributed by atoms with E-state index in [1.165, 1.54) is 4.90 Å². The normalized spacial score (nSPS) is 38.4. The van der Waals surface area contributed by atoms with Gasteiger partial charge in [-0.15, -0.1) is 0 Å². The Bertz CT molecular complexity index is 779. The summed E-state index contributed by atoms with van der Waals surface area (Å²) in [5, 5.41) is 9.56. The minimum atomic E-state index is -1.26. The van der Waals surface area contributed by atoms with Gasteiger partial charge in [0.2, 0.25) is 11.8 Å². The lowest BCUT2D eigenvalue weighted by atomic mass is 9.75. The van der Waals surface area contributed by atoms with Gasteiger partial charge in [0.15, 0.2) is 0 Å². The van der Waals surface area contributed by atoms with Crippen LogP contribution in [0.15, 0.2) is 24.3 Å². The van der Waals surface area contributed by atoms with Gasteiger partial charge in [-0.05, 0) is 19.4 Å². The quantitative estimate of drug-likeness (QED) is 0.522. The van der Waals surface area contributed by atoms with Crippen LogP contribution < -0.4 is 0 Å². The first kappa shape index (κ1) is 20.1. The Labute approximate surface area is 170 Å². The van der Waals surface area contributed by atoms with Gasteiger partial charge in [-0.25, -0.2) is 0 Å². The first-order valence-corrected chi connectivity index (χ1v) is 10.3. The topological polar surface area (TPSA) is 96.4 Å². The molecule has 4 aliphatic rings. The van der Waals surface area contributed by atoms with Crippen molar-refractivity contribution >= 4 is 17.8 Å². The van der Waals surface area contributed by atoms with Gasteiger partial charge >= 0.3 is 5.97 Å². The van der Waals surface area contributed by atoms with Crippen molar-refractivity contribution in [3.8, 4) is 0 Å². The van der Waals surface area contributed by atoms with Crippen LogP contribution in [0, 0.1) is 11.8 Å². The standard InChI is InChI=1S/C21H28N2O6/c1-3-4-9-22-10-5-8-21-14(17(25)23(11-12-24)16(21)18(22)26)15-19(27)28-13-6-7-20(15,2)29-21/h5-8,14-16,24H,3-4,9-13H2,1-2H3/t14-,15-,16?,20+,21-/m0/s1. The van der Waals surface area contributed by atoms with Crippen LogP contribution in [0.3, 0.4) is 0 Å². The summed E-state index contributed by atoms with van der Waals surface area (Å²) in [6.07, 6.45) is 8.94. The predicted molar refractivity (Wildman–Crippen MR) is 103 cm³/mol. The van der Waals surface area contributed by atoms with Gasteiger partial charge in [-0.2, -0.15) is 0 Å². The molecule has 1 unspecified atom stereocenters. The third-order valence-electron chi connectivity index (χ3n) is 6.52. The van der Waals surface area contributed by atoms with Crippen LogP contribution in [-0.2, 0) is 23.9 Å². The highest BCUT2D eigenvalue weighted by molar-refractivity contribution is 5.99. The van der Waals surface area contributed by atoms with Gasteiger partial charge in [-0.1, -0.05) is 31.6 Å². The molecule has 0 radical (unpaired) electrons. The lowest BCUT2D eigenvalue weighted by Gasteiger charge is -2.37. The van der Waals surface area contributed by atoms with E-state index in [1.807, 2.05) is 6.08 Å². The maximum absolute atomic E-state index is 13.6. The second-order valence-corrected chi connectivity index (χ2v) is 8.33. The lowest BCUT2D eigenvalue weighted by Crippen LogP contribution is -2.56. The van der Waals surface area contributed by atoms with E-state index in [2.05, 4.69) is 6.92 Å². The number of nitrogens with zero attached hydrogens (tertiary/aromatic N) is 2. The van der Waals surface area contributed by atoms with Crippen LogP contribution in [0.5, 0.6) is 0 Å². The van der Waals surface area contributed by atoms with Gasteiger partial charge in [0.1, 0.15) is 24.2 Å². The minimum Gasteiger partial charge on any atom is -0.461 e. The van der Waals surface area contributed by atoms with Crippen molar-refractivity contribution in [2.75, 3.05) is 32.8 Å². The highest BCUT2D eigenvalue weighted by atomic mass is 16.6. The number of β-amino-alcohol motifs (C(OH)–C–C–N with tert-alkyl or cyclic N) is 1. The fraction of sp³-hybridized carbons (Fsp3) is 0.667. The Morgan fingerprint density at radius 2 is 1.93 bits per heavy atom. The van der Waals surface area contributed by atoms with E-state index in [1.54, 1.807) is 30.1 Å². The third-order valence-corrected chi connectivity index (χ3v) is 6.52. The molecule has 5 atom stereocenters. The van der Waals surface area contributed by atoms with Gasteiger partial charge in [0.05, 0.1) is 18.1 Å². The van der Waals surface area contributed by atoms with Crippen molar-refractivity contribution in [1.82, 2.24) is 9.80 Å². The van der Waals surface area contributed by atoms with E-state index in [9.17, 15) is 19.5 Å². The summed E-state index contributed by atoms with van der Waals surface area (Å²) in [6.45, 7) is 4.71. The molecule has 1 N–H and O–H groups in total. The Morgan fingerprint density at radius 1 is 1.14 bits per heavy atom. The molecule has 158 valence electrons. The number of hydrogen-bond donors (Lipinski definition) is 1. The molecule has 4 aliphatic heterocycles. The number of esters is 1. The second kappa shape index (κ2) is 7.25. The number of likely N-dealkylation sites (tertiary alicyclic amines) is 1. The molecule has 0 aromatic heterocycles. The number of rotatable bonds is 5. The van der Waals surface area contributed by atoms with E-state index in [-0.39, 0.29) is 31.6 Å². The molecule has 0 bridgehead atoms. The highest BCUT2D eigenvalue weighted by Crippen LogP contribution is 2.57. The van der Waals surface area contributed by atoms with Crippen molar-refractivity contribution in [1.29, 1.82) is 0 Å². The molecule has 0 saturated carbocycles. The molecule has 29 heavy (non-hydrogen) atoms. The Hall–Kier alpha value is -2.19. The molecule has 2 amide bonds. The number of carbonyl (C=O) groups excluding carboxylic acids is 3. The zero-order chi connectivity index (χ0) is 20.8. The number of aliphatic hydroxyl groups excluding tert-OH is 1. The summed E-state index contributed by atoms with van der Waals surface area (Å²) in [7, 11) is 0. The summed E-state index contributed by atoms with van der Waals surface area (Å²) >= 11 is 0. The van der Waals surface area contributed by atoms with Gasteiger partial charge in [0.25, 0.3) is 0 Å². The maximum Gasteiger partial charge on any atom is 0.313 e. The number of carbonyl (C=O) groups is 3. The second-order valence-electron chi connectivity index (χ2n) is 8.33. The van der Waals surface area contributed by atoms with Crippen LogP contribution in [0.1, 0.15) is 26.7 Å². The third kappa shape index (κ3) is 2.84. The minimum absolute atomic E-state index is 0.0145. The van der Waals surface area contributed by atoms with Crippen LogP contribution >= 0.6 is 0 Å². The average molecular weight is 404 g/mol. The SMILES string of the molecule is CCCCN1CC=C[C@]23O[C@]4(C)C=CCOC(=O)[C@@H]4[C@H]2C(=O)N(CCO)C3C1=O. The summed E-state index contributed by atoms with van der Waals surface area (Å²) in [4.78, 5) is 43.0. The zero-order valence-electron chi connectivity index (χ0n) is 16.9. The Balaban J connectivity index is 1.82. The Kier molecular flexibility index (Phi) is 5.02. The zero-order valence-corrected chi connectivity index (χ0v) is 16.9. The largest absolute Gasteiger partial charge is 0.461 e. The molecule has 0 aromatic rings. The first-order chi connectivity index (χ1) is 13.9. The number of amides is 2. The summed E-state index contributed by atoms with van der Waals surface area (Å²) in [6, 6.07) is -0.910. The van der Waals surface area contributed by atoms with Crippen LogP contribution in [-0.4, -0.2) is 82.8 Å². The van der Waals surface area contributed by atoms with Crippen LogP contribution in [0.2, 0.25) is 0 Å². The van der Waals surface area contributed by atoms with Crippen LogP contribution in [0.4, 0.5) is 0 Å². The molecule has 2 saturated heterocycles. The number of unbranched alkanes of at least 4 members (excludes halogenated alkanes) is 1. The molecule has 8 heteroatoms. The predicted octanol–water partition coefficient (Wildman–Crippen LogP) is 0.261.